The van der Waals surface area contributed by atoms with Gasteiger partial charge in [0.25, 0.3) is 10.0 Å². The van der Waals surface area contributed by atoms with Crippen molar-refractivity contribution in [2.45, 2.75) is 55.5 Å². The lowest BCUT2D eigenvalue weighted by atomic mass is 9.93. The van der Waals surface area contributed by atoms with E-state index in [2.05, 4.69) is 47.2 Å². The maximum atomic E-state index is 14.9. The molecule has 0 aromatic carbocycles. The predicted octanol–water partition coefficient (Wildman–Crippen LogP) is 3.07. The number of ether oxygens (including phenoxy) is 1. The molecule has 240 valence electrons. The van der Waals surface area contributed by atoms with Gasteiger partial charge >= 0.3 is 0 Å². The number of aliphatic hydroxyl groups excluding tert-OH is 1. The fraction of sp³-hybridized carbons (Fsp3) is 0.452. The summed E-state index contributed by atoms with van der Waals surface area (Å²) in [5, 5.41) is 20.9. The highest BCUT2D eigenvalue weighted by atomic mass is 32.2. The van der Waals surface area contributed by atoms with Gasteiger partial charge in [0.1, 0.15) is 17.3 Å². The third kappa shape index (κ3) is 6.46. The van der Waals surface area contributed by atoms with E-state index in [1.807, 2.05) is 16.9 Å². The van der Waals surface area contributed by atoms with E-state index < -0.39 is 22.3 Å². The summed E-state index contributed by atoms with van der Waals surface area (Å²) in [6.07, 6.45) is 13.3. The molecular weight excluding hydrogens is 613 g/mol. The van der Waals surface area contributed by atoms with Crippen LogP contribution in [0.1, 0.15) is 55.7 Å². The standard InChI is InChI=1S/C31H34FN9O4S/c32-31(21-42)8-11-39(12-9-31)27-15-29(34-17-23(27)2-1-22-16-35-40(19-22)25-6-13-45-14-7-25)37-28-5-10-33-30(38-28)24-18-36-41(20-24)46(43,44)26-3-4-26/h5,10,15-20,25-26,42H,3-4,6-9,11-14,21H2,(H,33,34,37,38). The minimum absolute atomic E-state index is 0.193. The van der Waals surface area contributed by atoms with E-state index in [1.54, 1.807) is 24.7 Å². The Morgan fingerprint density at radius 1 is 1.02 bits per heavy atom. The van der Waals surface area contributed by atoms with Gasteiger partial charge in [0.15, 0.2) is 5.82 Å². The van der Waals surface area contributed by atoms with Crippen molar-refractivity contribution in [2.75, 3.05) is 43.1 Å². The molecule has 1 saturated carbocycles. The van der Waals surface area contributed by atoms with Crippen molar-refractivity contribution in [3.8, 4) is 23.2 Å². The van der Waals surface area contributed by atoms with Crippen molar-refractivity contribution >= 4 is 27.3 Å². The average Bonchev–Trinajstić information content (AvgIpc) is 3.64. The van der Waals surface area contributed by atoms with Gasteiger partial charge in [-0.1, -0.05) is 11.8 Å². The summed E-state index contributed by atoms with van der Waals surface area (Å²) in [5.74, 6) is 7.69. The molecule has 0 radical (unpaired) electrons. The molecule has 4 aromatic rings. The van der Waals surface area contributed by atoms with E-state index in [-0.39, 0.29) is 18.1 Å². The number of aromatic nitrogens is 7. The van der Waals surface area contributed by atoms with E-state index in [1.165, 1.54) is 12.4 Å². The van der Waals surface area contributed by atoms with Crippen LogP contribution in [0.5, 0.6) is 0 Å². The number of halogens is 1. The SMILES string of the molecule is O=S(=O)(C1CC1)n1cc(-c2nccc(Nc3cc(N4CCC(F)(CO)CC4)c(C#Cc4cnn(C5CCOCC5)c4)cn3)n2)cn1. The topological polar surface area (TPSA) is 153 Å². The summed E-state index contributed by atoms with van der Waals surface area (Å²) in [6.45, 7) is 1.75. The Morgan fingerprint density at radius 3 is 2.59 bits per heavy atom. The highest BCUT2D eigenvalue weighted by Gasteiger charge is 2.38. The molecule has 2 aliphatic heterocycles. The summed E-state index contributed by atoms with van der Waals surface area (Å²) >= 11 is 0. The first kappa shape index (κ1) is 30.3. The molecule has 0 unspecified atom stereocenters. The molecule has 0 bridgehead atoms. The number of nitrogens with one attached hydrogen (secondary N) is 1. The highest BCUT2D eigenvalue weighted by Crippen LogP contribution is 2.33. The van der Waals surface area contributed by atoms with Gasteiger partial charge in [0.2, 0.25) is 0 Å². The fourth-order valence-corrected chi connectivity index (χ4v) is 7.12. The third-order valence-corrected chi connectivity index (χ3v) is 10.6. The zero-order valence-corrected chi connectivity index (χ0v) is 25.9. The lowest BCUT2D eigenvalue weighted by molar-refractivity contribution is 0.0481. The maximum Gasteiger partial charge on any atom is 0.256 e. The van der Waals surface area contributed by atoms with Crippen LogP contribution in [0.3, 0.4) is 0 Å². The normalized spacial score (nSPS) is 18.6. The number of rotatable bonds is 8. The van der Waals surface area contributed by atoms with E-state index in [0.717, 1.165) is 41.4 Å². The second kappa shape index (κ2) is 12.4. The first-order valence-corrected chi connectivity index (χ1v) is 16.9. The number of hydrogen-bond donors (Lipinski definition) is 2. The van der Waals surface area contributed by atoms with Crippen LogP contribution < -0.4 is 10.2 Å². The van der Waals surface area contributed by atoms with Gasteiger partial charge in [0, 0.05) is 63.8 Å². The van der Waals surface area contributed by atoms with Crippen LogP contribution in [0.15, 0.2) is 49.3 Å². The van der Waals surface area contributed by atoms with Gasteiger partial charge in [-0.3, -0.25) is 4.68 Å². The summed E-state index contributed by atoms with van der Waals surface area (Å²) in [4.78, 5) is 15.5. The molecule has 4 aromatic heterocycles. The van der Waals surface area contributed by atoms with Crippen molar-refractivity contribution in [3.63, 3.8) is 0 Å². The quantitative estimate of drug-likeness (QED) is 0.271. The summed E-state index contributed by atoms with van der Waals surface area (Å²) in [7, 11) is -3.51. The van der Waals surface area contributed by atoms with Crippen molar-refractivity contribution < 1.29 is 22.7 Å². The smallest absolute Gasteiger partial charge is 0.256 e. The lowest BCUT2D eigenvalue weighted by Crippen LogP contribution is -2.44. The average molecular weight is 648 g/mol. The van der Waals surface area contributed by atoms with Crippen LogP contribution in [0.25, 0.3) is 11.4 Å². The molecule has 6 heterocycles. The van der Waals surface area contributed by atoms with Gasteiger partial charge in [0.05, 0.1) is 58.9 Å². The zero-order chi connectivity index (χ0) is 31.7. The van der Waals surface area contributed by atoms with Crippen LogP contribution in [0, 0.1) is 11.8 Å². The Hall–Kier alpha value is -4.39. The van der Waals surface area contributed by atoms with Gasteiger partial charge in [-0.25, -0.2) is 27.8 Å². The molecule has 2 saturated heterocycles. The van der Waals surface area contributed by atoms with Crippen LogP contribution in [0.2, 0.25) is 0 Å². The second-order valence-electron chi connectivity index (χ2n) is 11.9. The Balaban J connectivity index is 1.14. The van der Waals surface area contributed by atoms with Gasteiger partial charge in [-0.2, -0.15) is 14.3 Å². The molecule has 13 nitrogen and oxygen atoms in total. The van der Waals surface area contributed by atoms with Gasteiger partial charge in [-0.15, -0.1) is 0 Å². The van der Waals surface area contributed by atoms with E-state index >= 15 is 0 Å². The largest absolute Gasteiger partial charge is 0.393 e. The van der Waals surface area contributed by atoms with Crippen LogP contribution in [-0.4, -0.2) is 91.3 Å². The zero-order valence-electron chi connectivity index (χ0n) is 25.1. The number of pyridine rings is 1. The number of nitrogens with zero attached hydrogens (tertiary/aromatic N) is 8. The monoisotopic (exact) mass is 647 g/mol. The van der Waals surface area contributed by atoms with Gasteiger partial charge < -0.3 is 20.1 Å². The predicted molar refractivity (Wildman–Crippen MR) is 168 cm³/mol. The van der Waals surface area contributed by atoms with Crippen LogP contribution in [-0.2, 0) is 14.8 Å². The second-order valence-corrected chi connectivity index (χ2v) is 14.0. The van der Waals surface area contributed by atoms with Crippen LogP contribution >= 0.6 is 0 Å². The lowest BCUT2D eigenvalue weighted by Gasteiger charge is -2.37. The highest BCUT2D eigenvalue weighted by molar-refractivity contribution is 7.90. The molecule has 46 heavy (non-hydrogen) atoms. The minimum Gasteiger partial charge on any atom is -0.393 e. The molecule has 3 aliphatic rings. The Kier molecular flexibility index (Phi) is 8.18. The number of anilines is 3. The molecule has 7 rings (SSSR count). The Labute approximate surface area is 265 Å². The van der Waals surface area contributed by atoms with Crippen molar-refractivity contribution in [3.05, 3.63) is 60.4 Å². The molecule has 0 spiro atoms. The number of aliphatic hydroxyl groups is 1. The van der Waals surface area contributed by atoms with Gasteiger partial charge in [-0.05, 0) is 31.7 Å². The number of hydrogen-bond acceptors (Lipinski definition) is 11. The first-order chi connectivity index (χ1) is 22.3. The molecule has 0 amide bonds. The molecule has 0 atom stereocenters. The molecule has 1 aliphatic carbocycles. The fourth-order valence-electron chi connectivity index (χ4n) is 5.65. The molecule has 3 fully saturated rings. The van der Waals surface area contributed by atoms with Crippen molar-refractivity contribution in [2.24, 2.45) is 0 Å². The maximum absolute atomic E-state index is 14.9. The Bertz CT molecular complexity index is 1880. The summed E-state index contributed by atoms with van der Waals surface area (Å²) in [6, 6.07) is 3.82. The van der Waals surface area contributed by atoms with E-state index in [0.29, 0.717) is 60.6 Å². The van der Waals surface area contributed by atoms with E-state index in [4.69, 9.17) is 4.74 Å². The van der Waals surface area contributed by atoms with Crippen molar-refractivity contribution in [1.29, 1.82) is 0 Å². The summed E-state index contributed by atoms with van der Waals surface area (Å²) in [5.41, 5.74) is 1.11. The first-order valence-electron chi connectivity index (χ1n) is 15.4. The third-order valence-electron chi connectivity index (χ3n) is 8.61. The summed E-state index contributed by atoms with van der Waals surface area (Å²) < 4.78 is 48.4. The van der Waals surface area contributed by atoms with Crippen LogP contribution in [0.4, 0.5) is 21.7 Å². The van der Waals surface area contributed by atoms with Crippen molar-refractivity contribution in [1.82, 2.24) is 33.9 Å². The molecular formula is C31H34FN9O4S. The molecule has 2 N–H and O–H groups in total. The minimum atomic E-state index is -3.51. The number of piperidine rings is 1. The molecule has 15 heteroatoms. The Morgan fingerprint density at radius 2 is 1.83 bits per heavy atom. The van der Waals surface area contributed by atoms with E-state index in [9.17, 15) is 17.9 Å². The number of alkyl halides is 1.